The van der Waals surface area contributed by atoms with E-state index in [0.717, 1.165) is 0 Å². The molecular formula is C11H8N2O4. The van der Waals surface area contributed by atoms with Gasteiger partial charge >= 0.3 is 5.91 Å². The summed E-state index contributed by atoms with van der Waals surface area (Å²) in [5.41, 5.74) is 0.613. The molecule has 86 valence electrons. The molecule has 0 atom stereocenters. The first-order valence-corrected chi connectivity index (χ1v) is 4.71. The molecule has 1 aromatic heterocycles. The lowest BCUT2D eigenvalue weighted by atomic mass is 10.2. The van der Waals surface area contributed by atoms with Crippen LogP contribution in [-0.2, 0) is 0 Å². The Morgan fingerprint density at radius 1 is 1.00 bits per heavy atom. The lowest BCUT2D eigenvalue weighted by Gasteiger charge is -2.06. The first-order valence-electron chi connectivity index (χ1n) is 4.71. The van der Waals surface area contributed by atoms with Gasteiger partial charge in [0, 0.05) is 22.9 Å². The Labute approximate surface area is 95.7 Å². The van der Waals surface area contributed by atoms with Crippen LogP contribution in [0.2, 0.25) is 0 Å². The second kappa shape index (κ2) is 4.09. The maximum atomic E-state index is 11.0. The predicted octanol–water partition coefficient (Wildman–Crippen LogP) is 1.80. The molecule has 0 aliphatic carbocycles. The SMILES string of the molecule is O=NC(=O)c1ccc(-n2c(O)ccc2O)cc1. The van der Waals surface area contributed by atoms with Crippen LogP contribution < -0.4 is 0 Å². The van der Waals surface area contributed by atoms with Gasteiger partial charge in [-0.3, -0.25) is 9.36 Å². The molecule has 6 nitrogen and oxygen atoms in total. The minimum atomic E-state index is -0.863. The molecule has 1 heterocycles. The first kappa shape index (κ1) is 10.9. The molecule has 1 aromatic carbocycles. The van der Waals surface area contributed by atoms with Gasteiger partial charge < -0.3 is 10.2 Å². The molecular weight excluding hydrogens is 224 g/mol. The van der Waals surface area contributed by atoms with Crippen molar-refractivity contribution in [3.8, 4) is 17.4 Å². The fourth-order valence-corrected chi connectivity index (χ4v) is 1.49. The summed E-state index contributed by atoms with van der Waals surface area (Å²) in [7, 11) is 0. The summed E-state index contributed by atoms with van der Waals surface area (Å²) in [5, 5.41) is 21.2. The molecule has 0 unspecified atom stereocenters. The normalized spacial score (nSPS) is 10.1. The van der Waals surface area contributed by atoms with Gasteiger partial charge in [-0.25, -0.2) is 0 Å². The maximum Gasteiger partial charge on any atom is 0.316 e. The van der Waals surface area contributed by atoms with Gasteiger partial charge in [0.25, 0.3) is 0 Å². The average molecular weight is 232 g/mol. The van der Waals surface area contributed by atoms with Gasteiger partial charge in [0.15, 0.2) is 11.8 Å². The summed E-state index contributed by atoms with van der Waals surface area (Å²) >= 11 is 0. The zero-order chi connectivity index (χ0) is 12.4. The maximum absolute atomic E-state index is 11.0. The Hall–Kier alpha value is -2.63. The van der Waals surface area contributed by atoms with Crippen LogP contribution in [0.4, 0.5) is 0 Å². The molecule has 2 N–H and O–H groups in total. The lowest BCUT2D eigenvalue weighted by Crippen LogP contribution is -1.96. The number of hydrogen-bond acceptors (Lipinski definition) is 4. The molecule has 0 saturated carbocycles. The van der Waals surface area contributed by atoms with Gasteiger partial charge in [-0.15, -0.1) is 4.91 Å². The first-order chi connectivity index (χ1) is 8.13. The molecule has 6 heteroatoms. The summed E-state index contributed by atoms with van der Waals surface area (Å²) in [4.78, 5) is 21.0. The summed E-state index contributed by atoms with van der Waals surface area (Å²) in [6.45, 7) is 0. The highest BCUT2D eigenvalue weighted by molar-refractivity contribution is 5.94. The van der Waals surface area contributed by atoms with Crippen molar-refractivity contribution in [3.05, 3.63) is 46.9 Å². The highest BCUT2D eigenvalue weighted by atomic mass is 16.3. The molecule has 2 aromatic rings. The number of benzene rings is 1. The minimum Gasteiger partial charge on any atom is -0.494 e. The van der Waals surface area contributed by atoms with Crippen molar-refractivity contribution < 1.29 is 15.0 Å². The van der Waals surface area contributed by atoms with Gasteiger partial charge in [-0.1, -0.05) is 0 Å². The van der Waals surface area contributed by atoms with Crippen molar-refractivity contribution in [2.45, 2.75) is 0 Å². The number of carbonyl (C=O) groups is 1. The zero-order valence-electron chi connectivity index (χ0n) is 8.57. The smallest absolute Gasteiger partial charge is 0.316 e. The van der Waals surface area contributed by atoms with E-state index in [4.69, 9.17) is 0 Å². The van der Waals surface area contributed by atoms with E-state index in [1.165, 1.54) is 41.0 Å². The van der Waals surface area contributed by atoms with Crippen LogP contribution in [0, 0.1) is 4.91 Å². The summed E-state index contributed by atoms with van der Waals surface area (Å²) in [5.74, 6) is -1.12. The number of carbonyl (C=O) groups excluding carboxylic acids is 1. The third-order valence-electron chi connectivity index (χ3n) is 2.30. The summed E-state index contributed by atoms with van der Waals surface area (Å²) < 4.78 is 1.18. The monoisotopic (exact) mass is 232 g/mol. The highest BCUT2D eigenvalue weighted by Crippen LogP contribution is 2.26. The van der Waals surface area contributed by atoms with Crippen LogP contribution in [0.15, 0.2) is 41.6 Å². The Morgan fingerprint density at radius 3 is 2.00 bits per heavy atom. The van der Waals surface area contributed by atoms with Crippen molar-refractivity contribution in [1.82, 2.24) is 4.57 Å². The molecule has 1 amide bonds. The third kappa shape index (κ3) is 1.87. The average Bonchev–Trinajstić information content (AvgIpc) is 2.68. The topological polar surface area (TPSA) is 91.9 Å². The Bertz CT molecular complexity index is 552. The second-order valence-corrected chi connectivity index (χ2v) is 3.33. The van der Waals surface area contributed by atoms with Gasteiger partial charge in [0.1, 0.15) is 0 Å². The summed E-state index contributed by atoms with van der Waals surface area (Å²) in [6.07, 6.45) is 0. The Balaban J connectivity index is 2.42. The van der Waals surface area contributed by atoms with Gasteiger partial charge in [0.05, 0.1) is 5.69 Å². The Morgan fingerprint density at radius 2 is 1.53 bits per heavy atom. The lowest BCUT2D eigenvalue weighted by molar-refractivity contribution is 0.100. The fraction of sp³-hybridized carbons (Fsp3) is 0. The minimum absolute atomic E-state index is 0.130. The van der Waals surface area contributed by atoms with Gasteiger partial charge in [0.2, 0.25) is 0 Å². The number of hydrogen-bond donors (Lipinski definition) is 2. The van der Waals surface area contributed by atoms with Crippen molar-refractivity contribution in [3.63, 3.8) is 0 Å². The van der Waals surface area contributed by atoms with Gasteiger partial charge in [-0.2, -0.15) is 0 Å². The number of rotatable bonds is 2. The van der Waals surface area contributed by atoms with Crippen molar-refractivity contribution in [2.75, 3.05) is 0 Å². The van der Waals surface area contributed by atoms with E-state index in [1.54, 1.807) is 0 Å². The molecule has 0 aliphatic heterocycles. The van der Waals surface area contributed by atoms with Crippen molar-refractivity contribution in [2.24, 2.45) is 5.18 Å². The van der Waals surface area contributed by atoms with Crippen molar-refractivity contribution >= 4 is 5.91 Å². The molecule has 0 saturated heterocycles. The largest absolute Gasteiger partial charge is 0.494 e. The molecule has 0 spiro atoms. The van der Waals surface area contributed by atoms with Crippen LogP contribution >= 0.6 is 0 Å². The summed E-state index contributed by atoms with van der Waals surface area (Å²) in [6, 6.07) is 8.41. The second-order valence-electron chi connectivity index (χ2n) is 3.33. The van der Waals surface area contributed by atoms with Crippen LogP contribution in [0.3, 0.4) is 0 Å². The van der Waals surface area contributed by atoms with Gasteiger partial charge in [-0.05, 0) is 24.3 Å². The Kier molecular flexibility index (Phi) is 2.61. The number of aromatic hydroxyl groups is 2. The molecule has 0 aliphatic rings. The molecule has 2 rings (SSSR count). The van der Waals surface area contributed by atoms with E-state index in [1.807, 2.05) is 0 Å². The standard InChI is InChI=1S/C11H8N2O4/c14-9-5-6-10(15)13(9)8-3-1-7(2-4-8)11(16)12-17/h1-6,14-15H. The quantitative estimate of drug-likeness (QED) is 0.772. The van der Waals surface area contributed by atoms with Crippen molar-refractivity contribution in [1.29, 1.82) is 0 Å². The molecule has 0 radical (unpaired) electrons. The zero-order valence-corrected chi connectivity index (χ0v) is 8.57. The number of nitroso groups, excluding NO2 is 1. The van der Waals surface area contributed by atoms with Crippen LogP contribution in [0.25, 0.3) is 5.69 Å². The molecule has 0 fully saturated rings. The van der Waals surface area contributed by atoms with E-state index in [-0.39, 0.29) is 17.3 Å². The van der Waals surface area contributed by atoms with E-state index in [2.05, 4.69) is 5.18 Å². The molecule has 0 bridgehead atoms. The van der Waals surface area contributed by atoms with E-state index in [0.29, 0.717) is 5.69 Å². The van der Waals surface area contributed by atoms with Crippen LogP contribution in [-0.4, -0.2) is 20.7 Å². The predicted molar refractivity (Wildman–Crippen MR) is 59.2 cm³/mol. The van der Waals surface area contributed by atoms with E-state index in [9.17, 15) is 19.9 Å². The van der Waals surface area contributed by atoms with Crippen LogP contribution in [0.5, 0.6) is 11.8 Å². The number of nitrogens with zero attached hydrogens (tertiary/aromatic N) is 2. The van der Waals surface area contributed by atoms with E-state index >= 15 is 0 Å². The number of aromatic nitrogens is 1. The van der Waals surface area contributed by atoms with Crippen LogP contribution in [0.1, 0.15) is 10.4 Å². The fourth-order valence-electron chi connectivity index (χ4n) is 1.49. The number of amides is 1. The molecule has 17 heavy (non-hydrogen) atoms. The van der Waals surface area contributed by atoms with E-state index < -0.39 is 5.91 Å². The third-order valence-corrected chi connectivity index (χ3v) is 2.30. The highest BCUT2D eigenvalue weighted by Gasteiger charge is 2.09.